The SMILES string of the molecule is COCc1nc2ccccc2n1C(C)CN. The topological polar surface area (TPSA) is 53.1 Å². The highest BCUT2D eigenvalue weighted by Gasteiger charge is 2.13. The minimum absolute atomic E-state index is 0.234. The van der Waals surface area contributed by atoms with E-state index in [1.54, 1.807) is 7.11 Å². The second-order valence-corrected chi connectivity index (χ2v) is 3.90. The first kappa shape index (κ1) is 11.1. The van der Waals surface area contributed by atoms with E-state index in [4.69, 9.17) is 10.5 Å². The van der Waals surface area contributed by atoms with Gasteiger partial charge >= 0.3 is 0 Å². The Bertz CT molecular complexity index is 478. The summed E-state index contributed by atoms with van der Waals surface area (Å²) in [5, 5.41) is 0. The van der Waals surface area contributed by atoms with Crippen LogP contribution in [-0.2, 0) is 11.3 Å². The average Bonchev–Trinajstić information content (AvgIpc) is 2.66. The predicted octanol–water partition coefficient (Wildman–Crippen LogP) is 1.70. The Kier molecular flexibility index (Phi) is 3.22. The van der Waals surface area contributed by atoms with E-state index in [0.29, 0.717) is 13.2 Å². The van der Waals surface area contributed by atoms with Gasteiger partial charge in [-0.25, -0.2) is 4.98 Å². The van der Waals surface area contributed by atoms with Crippen LogP contribution < -0.4 is 5.73 Å². The summed E-state index contributed by atoms with van der Waals surface area (Å²) in [6, 6.07) is 8.31. The zero-order chi connectivity index (χ0) is 11.5. The lowest BCUT2D eigenvalue weighted by Crippen LogP contribution is -2.18. The van der Waals surface area contributed by atoms with Crippen LogP contribution in [0.15, 0.2) is 24.3 Å². The molecule has 0 aliphatic rings. The molecule has 0 aliphatic heterocycles. The lowest BCUT2D eigenvalue weighted by Gasteiger charge is -2.15. The van der Waals surface area contributed by atoms with E-state index in [1.807, 2.05) is 18.2 Å². The number of hydrogen-bond donors (Lipinski definition) is 1. The first-order valence-corrected chi connectivity index (χ1v) is 5.42. The summed E-state index contributed by atoms with van der Waals surface area (Å²) in [5.41, 5.74) is 7.84. The first-order valence-electron chi connectivity index (χ1n) is 5.42. The monoisotopic (exact) mass is 219 g/mol. The van der Waals surface area contributed by atoms with Crippen LogP contribution in [0.1, 0.15) is 18.8 Å². The molecule has 1 aromatic heterocycles. The molecule has 1 unspecified atom stereocenters. The van der Waals surface area contributed by atoms with E-state index < -0.39 is 0 Å². The van der Waals surface area contributed by atoms with Crippen LogP contribution in [0.4, 0.5) is 0 Å². The lowest BCUT2D eigenvalue weighted by molar-refractivity contribution is 0.173. The lowest BCUT2D eigenvalue weighted by atomic mass is 10.3. The third-order valence-corrected chi connectivity index (χ3v) is 2.72. The van der Waals surface area contributed by atoms with Crippen LogP contribution >= 0.6 is 0 Å². The van der Waals surface area contributed by atoms with Gasteiger partial charge in [0.15, 0.2) is 0 Å². The summed E-state index contributed by atoms with van der Waals surface area (Å²) < 4.78 is 7.32. The molecule has 0 saturated heterocycles. The van der Waals surface area contributed by atoms with Crippen LogP contribution in [0.2, 0.25) is 0 Å². The van der Waals surface area contributed by atoms with Crippen LogP contribution in [-0.4, -0.2) is 23.2 Å². The van der Waals surface area contributed by atoms with Crippen molar-refractivity contribution < 1.29 is 4.74 Å². The molecule has 0 bridgehead atoms. The van der Waals surface area contributed by atoms with Gasteiger partial charge < -0.3 is 15.0 Å². The maximum Gasteiger partial charge on any atom is 0.136 e. The number of imidazole rings is 1. The van der Waals surface area contributed by atoms with Crippen molar-refractivity contribution in [3.8, 4) is 0 Å². The smallest absolute Gasteiger partial charge is 0.136 e. The number of aromatic nitrogens is 2. The molecule has 2 aromatic rings. The van der Waals surface area contributed by atoms with E-state index in [0.717, 1.165) is 16.9 Å². The minimum atomic E-state index is 0.234. The molecule has 2 N–H and O–H groups in total. The molecule has 0 spiro atoms. The van der Waals surface area contributed by atoms with Gasteiger partial charge in [0.1, 0.15) is 12.4 Å². The Morgan fingerprint density at radius 2 is 2.19 bits per heavy atom. The zero-order valence-electron chi connectivity index (χ0n) is 9.68. The number of methoxy groups -OCH3 is 1. The van der Waals surface area contributed by atoms with Crippen LogP contribution in [0.3, 0.4) is 0 Å². The zero-order valence-corrected chi connectivity index (χ0v) is 9.68. The van der Waals surface area contributed by atoms with Crippen molar-refractivity contribution in [3.63, 3.8) is 0 Å². The molecule has 1 aromatic carbocycles. The second-order valence-electron chi connectivity index (χ2n) is 3.90. The van der Waals surface area contributed by atoms with Crippen LogP contribution in [0.5, 0.6) is 0 Å². The Hall–Kier alpha value is -1.39. The fourth-order valence-electron chi connectivity index (χ4n) is 1.92. The molecule has 2 rings (SSSR count). The van der Waals surface area contributed by atoms with Gasteiger partial charge in [-0.2, -0.15) is 0 Å². The molecule has 4 nitrogen and oxygen atoms in total. The van der Waals surface area contributed by atoms with Gasteiger partial charge in [-0.1, -0.05) is 12.1 Å². The van der Waals surface area contributed by atoms with Gasteiger partial charge in [-0.15, -0.1) is 0 Å². The van der Waals surface area contributed by atoms with Crippen molar-refractivity contribution in [1.29, 1.82) is 0 Å². The maximum absolute atomic E-state index is 5.73. The number of nitrogens with two attached hydrogens (primary N) is 1. The molecule has 0 amide bonds. The Morgan fingerprint density at radius 1 is 1.44 bits per heavy atom. The fourth-order valence-corrected chi connectivity index (χ4v) is 1.92. The standard InChI is InChI=1S/C12H17N3O/c1-9(7-13)15-11-6-4-3-5-10(11)14-12(15)8-16-2/h3-6,9H,7-8,13H2,1-2H3. The molecule has 1 heterocycles. The van der Waals surface area contributed by atoms with Crippen molar-refractivity contribution in [1.82, 2.24) is 9.55 Å². The fraction of sp³-hybridized carbons (Fsp3) is 0.417. The Labute approximate surface area is 95.0 Å². The van der Waals surface area contributed by atoms with Gasteiger partial charge in [-0.05, 0) is 19.1 Å². The quantitative estimate of drug-likeness (QED) is 0.851. The van der Waals surface area contributed by atoms with Crippen molar-refractivity contribution >= 4 is 11.0 Å². The van der Waals surface area contributed by atoms with E-state index in [9.17, 15) is 0 Å². The van der Waals surface area contributed by atoms with Crippen molar-refractivity contribution in [2.75, 3.05) is 13.7 Å². The summed E-state index contributed by atoms with van der Waals surface area (Å²) >= 11 is 0. The average molecular weight is 219 g/mol. The predicted molar refractivity (Wildman–Crippen MR) is 64.2 cm³/mol. The first-order chi connectivity index (χ1) is 7.77. The summed E-state index contributed by atoms with van der Waals surface area (Å²) in [6.45, 7) is 3.20. The highest BCUT2D eigenvalue weighted by Crippen LogP contribution is 2.20. The van der Waals surface area contributed by atoms with Crippen molar-refractivity contribution in [2.24, 2.45) is 5.73 Å². The summed E-state index contributed by atoms with van der Waals surface area (Å²) in [6.07, 6.45) is 0. The van der Waals surface area contributed by atoms with Crippen LogP contribution in [0.25, 0.3) is 11.0 Å². The number of ether oxygens (including phenoxy) is 1. The molecule has 0 saturated carbocycles. The van der Waals surface area contributed by atoms with E-state index in [2.05, 4.69) is 22.5 Å². The van der Waals surface area contributed by atoms with E-state index in [-0.39, 0.29) is 6.04 Å². The number of benzene rings is 1. The number of hydrogen-bond acceptors (Lipinski definition) is 3. The molecule has 4 heteroatoms. The maximum atomic E-state index is 5.73. The molecular formula is C12H17N3O. The van der Waals surface area contributed by atoms with Gasteiger partial charge in [0, 0.05) is 19.7 Å². The molecular weight excluding hydrogens is 202 g/mol. The van der Waals surface area contributed by atoms with Crippen molar-refractivity contribution in [3.05, 3.63) is 30.1 Å². The Balaban J connectivity index is 2.59. The molecule has 0 aliphatic carbocycles. The molecule has 0 radical (unpaired) electrons. The highest BCUT2D eigenvalue weighted by atomic mass is 16.5. The number of para-hydroxylation sites is 2. The van der Waals surface area contributed by atoms with E-state index in [1.165, 1.54) is 0 Å². The van der Waals surface area contributed by atoms with Crippen molar-refractivity contribution in [2.45, 2.75) is 19.6 Å². The van der Waals surface area contributed by atoms with Crippen LogP contribution in [0, 0.1) is 0 Å². The normalized spacial score (nSPS) is 13.2. The second kappa shape index (κ2) is 4.63. The minimum Gasteiger partial charge on any atom is -0.377 e. The third-order valence-electron chi connectivity index (χ3n) is 2.72. The van der Waals surface area contributed by atoms with Gasteiger partial charge in [0.05, 0.1) is 11.0 Å². The molecule has 1 atom stereocenters. The highest BCUT2D eigenvalue weighted by molar-refractivity contribution is 5.76. The third kappa shape index (κ3) is 1.81. The number of fused-ring (bicyclic) bond motifs is 1. The number of rotatable bonds is 4. The van der Waals surface area contributed by atoms with E-state index >= 15 is 0 Å². The van der Waals surface area contributed by atoms with Gasteiger partial charge in [-0.3, -0.25) is 0 Å². The largest absolute Gasteiger partial charge is 0.377 e. The molecule has 0 fully saturated rings. The van der Waals surface area contributed by atoms with Gasteiger partial charge in [0.2, 0.25) is 0 Å². The molecule has 16 heavy (non-hydrogen) atoms. The molecule has 86 valence electrons. The van der Waals surface area contributed by atoms with Gasteiger partial charge in [0.25, 0.3) is 0 Å². The summed E-state index contributed by atoms with van der Waals surface area (Å²) in [5.74, 6) is 0.932. The number of nitrogens with zero attached hydrogens (tertiary/aromatic N) is 2. The summed E-state index contributed by atoms with van der Waals surface area (Å²) in [7, 11) is 1.68. The Morgan fingerprint density at radius 3 is 2.88 bits per heavy atom. The summed E-state index contributed by atoms with van der Waals surface area (Å²) in [4.78, 5) is 4.55.